The zero-order valence-corrected chi connectivity index (χ0v) is 12.2. The Labute approximate surface area is 115 Å². The lowest BCUT2D eigenvalue weighted by molar-refractivity contribution is 0.366. The molecule has 0 aliphatic heterocycles. The molecule has 1 aromatic carbocycles. The molecule has 0 saturated carbocycles. The maximum atomic E-state index is 5.98. The van der Waals surface area contributed by atoms with Gasteiger partial charge in [0.2, 0.25) is 0 Å². The van der Waals surface area contributed by atoms with Gasteiger partial charge < -0.3 is 19.9 Å². The standard InChI is InChI=1S/C13H21NO3.ClH/c1-5-9(14)6-11-12(16-3)7-10(15-2)8-13(11)17-4;/h7-9H,5-6,14H2,1-4H3;1H. The predicted molar refractivity (Wildman–Crippen MR) is 75.3 cm³/mol. The van der Waals surface area contributed by atoms with Crippen molar-refractivity contribution in [2.24, 2.45) is 5.73 Å². The fourth-order valence-corrected chi connectivity index (χ4v) is 1.69. The van der Waals surface area contributed by atoms with Crippen molar-refractivity contribution in [3.05, 3.63) is 17.7 Å². The van der Waals surface area contributed by atoms with Crippen molar-refractivity contribution in [3.8, 4) is 17.2 Å². The molecule has 5 heteroatoms. The lowest BCUT2D eigenvalue weighted by atomic mass is 10.0. The summed E-state index contributed by atoms with van der Waals surface area (Å²) in [5, 5.41) is 0. The summed E-state index contributed by atoms with van der Waals surface area (Å²) >= 11 is 0. The SMILES string of the molecule is CCC(N)Cc1c(OC)cc(OC)cc1OC.Cl. The Morgan fingerprint density at radius 2 is 1.56 bits per heavy atom. The van der Waals surface area contributed by atoms with Gasteiger partial charge in [-0.25, -0.2) is 0 Å². The number of benzene rings is 1. The quantitative estimate of drug-likeness (QED) is 0.866. The van der Waals surface area contributed by atoms with Crippen LogP contribution < -0.4 is 19.9 Å². The van der Waals surface area contributed by atoms with E-state index in [0.717, 1.165) is 29.9 Å². The molecule has 104 valence electrons. The normalized spacial score (nSPS) is 11.4. The Morgan fingerprint density at radius 1 is 1.06 bits per heavy atom. The smallest absolute Gasteiger partial charge is 0.129 e. The molecule has 0 radical (unpaired) electrons. The van der Waals surface area contributed by atoms with E-state index in [9.17, 15) is 0 Å². The third-order valence-corrected chi connectivity index (χ3v) is 2.81. The first-order valence-corrected chi connectivity index (χ1v) is 5.70. The molecule has 0 bridgehead atoms. The van der Waals surface area contributed by atoms with Gasteiger partial charge in [0.1, 0.15) is 17.2 Å². The Balaban J connectivity index is 0.00000289. The maximum Gasteiger partial charge on any atom is 0.129 e. The van der Waals surface area contributed by atoms with Gasteiger partial charge in [-0.2, -0.15) is 0 Å². The van der Waals surface area contributed by atoms with Crippen LogP contribution in [-0.2, 0) is 6.42 Å². The van der Waals surface area contributed by atoms with Crippen LogP contribution >= 0.6 is 12.4 Å². The summed E-state index contributed by atoms with van der Waals surface area (Å²) in [5.74, 6) is 2.22. The van der Waals surface area contributed by atoms with Crippen LogP contribution in [0.5, 0.6) is 17.2 Å². The molecule has 2 N–H and O–H groups in total. The maximum absolute atomic E-state index is 5.98. The van der Waals surface area contributed by atoms with Gasteiger partial charge in [-0.3, -0.25) is 0 Å². The van der Waals surface area contributed by atoms with Gasteiger partial charge >= 0.3 is 0 Å². The van der Waals surface area contributed by atoms with Crippen LogP contribution in [-0.4, -0.2) is 27.4 Å². The van der Waals surface area contributed by atoms with Crippen molar-refractivity contribution in [3.63, 3.8) is 0 Å². The van der Waals surface area contributed by atoms with Crippen molar-refractivity contribution >= 4 is 12.4 Å². The van der Waals surface area contributed by atoms with Crippen LogP contribution in [0.1, 0.15) is 18.9 Å². The zero-order chi connectivity index (χ0) is 12.8. The molecule has 1 rings (SSSR count). The molecule has 4 nitrogen and oxygen atoms in total. The van der Waals surface area contributed by atoms with Crippen molar-refractivity contribution in [2.45, 2.75) is 25.8 Å². The molecule has 0 aliphatic carbocycles. The number of methoxy groups -OCH3 is 3. The van der Waals surface area contributed by atoms with E-state index in [-0.39, 0.29) is 18.4 Å². The highest BCUT2D eigenvalue weighted by Gasteiger charge is 2.15. The van der Waals surface area contributed by atoms with E-state index in [1.54, 1.807) is 21.3 Å². The van der Waals surface area contributed by atoms with Crippen LogP contribution in [0.25, 0.3) is 0 Å². The lowest BCUT2D eigenvalue weighted by Crippen LogP contribution is -2.22. The first kappa shape index (κ1) is 16.9. The number of hydrogen-bond donors (Lipinski definition) is 1. The molecule has 0 aromatic heterocycles. The minimum Gasteiger partial charge on any atom is -0.496 e. The second kappa shape index (κ2) is 8.06. The van der Waals surface area contributed by atoms with E-state index < -0.39 is 0 Å². The van der Waals surface area contributed by atoms with E-state index in [1.807, 2.05) is 12.1 Å². The second-order valence-electron chi connectivity index (χ2n) is 3.88. The Bertz CT molecular complexity index is 346. The summed E-state index contributed by atoms with van der Waals surface area (Å²) in [7, 11) is 4.88. The monoisotopic (exact) mass is 275 g/mol. The molecule has 1 unspecified atom stereocenters. The fourth-order valence-electron chi connectivity index (χ4n) is 1.69. The Morgan fingerprint density at radius 3 is 1.89 bits per heavy atom. The zero-order valence-electron chi connectivity index (χ0n) is 11.4. The number of hydrogen-bond acceptors (Lipinski definition) is 4. The number of nitrogens with two attached hydrogens (primary N) is 1. The summed E-state index contributed by atoms with van der Waals surface area (Å²) in [6, 6.07) is 3.80. The summed E-state index contributed by atoms with van der Waals surface area (Å²) in [5.41, 5.74) is 6.97. The first-order valence-electron chi connectivity index (χ1n) is 5.70. The lowest BCUT2D eigenvalue weighted by Gasteiger charge is -2.17. The van der Waals surface area contributed by atoms with Crippen LogP contribution in [0.2, 0.25) is 0 Å². The molecule has 1 aromatic rings. The summed E-state index contributed by atoms with van der Waals surface area (Å²) in [6.45, 7) is 2.06. The first-order chi connectivity index (χ1) is 8.15. The van der Waals surface area contributed by atoms with Crippen LogP contribution in [0, 0.1) is 0 Å². The van der Waals surface area contributed by atoms with E-state index in [4.69, 9.17) is 19.9 Å². The van der Waals surface area contributed by atoms with Gasteiger partial charge in [0.05, 0.1) is 21.3 Å². The molecule has 18 heavy (non-hydrogen) atoms. The van der Waals surface area contributed by atoms with E-state index >= 15 is 0 Å². The molecule has 0 heterocycles. The topological polar surface area (TPSA) is 53.7 Å². The van der Waals surface area contributed by atoms with Gasteiger partial charge in [-0.15, -0.1) is 12.4 Å². The van der Waals surface area contributed by atoms with Crippen molar-refractivity contribution in [1.29, 1.82) is 0 Å². The second-order valence-corrected chi connectivity index (χ2v) is 3.88. The van der Waals surface area contributed by atoms with Gasteiger partial charge in [-0.1, -0.05) is 6.92 Å². The summed E-state index contributed by atoms with van der Waals surface area (Å²) in [4.78, 5) is 0. The molecular formula is C13H22ClNO3. The average molecular weight is 276 g/mol. The molecule has 0 saturated heterocycles. The number of rotatable bonds is 6. The molecular weight excluding hydrogens is 254 g/mol. The number of halogens is 1. The van der Waals surface area contributed by atoms with Crippen molar-refractivity contribution < 1.29 is 14.2 Å². The van der Waals surface area contributed by atoms with Gasteiger partial charge in [0.25, 0.3) is 0 Å². The Kier molecular flexibility index (Phi) is 7.55. The van der Waals surface area contributed by atoms with Crippen molar-refractivity contribution in [1.82, 2.24) is 0 Å². The van der Waals surface area contributed by atoms with Crippen LogP contribution in [0.3, 0.4) is 0 Å². The van der Waals surface area contributed by atoms with E-state index in [2.05, 4.69) is 6.92 Å². The van der Waals surface area contributed by atoms with Crippen molar-refractivity contribution in [2.75, 3.05) is 21.3 Å². The summed E-state index contributed by atoms with van der Waals surface area (Å²) in [6.07, 6.45) is 1.64. The molecule has 0 spiro atoms. The van der Waals surface area contributed by atoms with Crippen LogP contribution in [0.4, 0.5) is 0 Å². The highest BCUT2D eigenvalue weighted by atomic mass is 35.5. The third kappa shape index (κ3) is 3.96. The highest BCUT2D eigenvalue weighted by Crippen LogP contribution is 2.34. The van der Waals surface area contributed by atoms with Gasteiger partial charge in [0.15, 0.2) is 0 Å². The van der Waals surface area contributed by atoms with Gasteiger partial charge in [0, 0.05) is 23.7 Å². The third-order valence-electron chi connectivity index (χ3n) is 2.81. The largest absolute Gasteiger partial charge is 0.496 e. The fraction of sp³-hybridized carbons (Fsp3) is 0.538. The highest BCUT2D eigenvalue weighted by molar-refractivity contribution is 5.85. The average Bonchev–Trinajstić information content (AvgIpc) is 2.38. The minimum atomic E-state index is 0. The molecule has 0 fully saturated rings. The van der Waals surface area contributed by atoms with E-state index in [1.165, 1.54) is 0 Å². The van der Waals surface area contributed by atoms with Crippen LogP contribution in [0.15, 0.2) is 12.1 Å². The van der Waals surface area contributed by atoms with E-state index in [0.29, 0.717) is 5.75 Å². The molecule has 1 atom stereocenters. The van der Waals surface area contributed by atoms with Gasteiger partial charge in [-0.05, 0) is 12.8 Å². The molecule has 0 aliphatic rings. The molecule has 0 amide bonds. The summed E-state index contributed by atoms with van der Waals surface area (Å²) < 4.78 is 15.9. The predicted octanol–water partition coefficient (Wildman–Crippen LogP) is 2.41. The number of ether oxygens (including phenoxy) is 3. The Hall–Kier alpha value is -1.13. The minimum absolute atomic E-state index is 0.